The first kappa shape index (κ1) is 16.3. The molecule has 0 fully saturated rings. The molecule has 1 unspecified atom stereocenters. The van der Waals surface area contributed by atoms with Crippen LogP contribution in [-0.4, -0.2) is 22.8 Å². The highest BCUT2D eigenvalue weighted by Gasteiger charge is 2.14. The van der Waals surface area contributed by atoms with Crippen LogP contribution in [0.1, 0.15) is 49.9 Å². The van der Waals surface area contributed by atoms with Gasteiger partial charge in [0.1, 0.15) is 5.82 Å². The Morgan fingerprint density at radius 1 is 1.29 bits per heavy atom. The fraction of sp³-hybridized carbons (Fsp3) is 0.588. The van der Waals surface area contributed by atoms with E-state index in [1.807, 2.05) is 6.92 Å². The van der Waals surface area contributed by atoms with Crippen LogP contribution in [0.3, 0.4) is 0 Å². The van der Waals surface area contributed by atoms with Gasteiger partial charge in [0.15, 0.2) is 0 Å². The molecule has 3 nitrogen and oxygen atoms in total. The number of nitrogens with zero attached hydrogens (tertiary/aromatic N) is 2. The fourth-order valence-corrected chi connectivity index (χ4v) is 2.64. The van der Waals surface area contributed by atoms with E-state index in [1.54, 1.807) is 0 Å². The van der Waals surface area contributed by atoms with E-state index in [-0.39, 0.29) is 5.38 Å². The maximum Gasteiger partial charge on any atom is 0.127 e. The Morgan fingerprint density at radius 3 is 2.76 bits per heavy atom. The van der Waals surface area contributed by atoms with Crippen LogP contribution in [0.5, 0.6) is 0 Å². The summed E-state index contributed by atoms with van der Waals surface area (Å²) in [4.78, 5) is 4.69. The molecular weight excluding hydrogens is 284 g/mol. The highest BCUT2D eigenvalue weighted by molar-refractivity contribution is 6.20. The molecule has 1 aromatic carbocycles. The van der Waals surface area contributed by atoms with Crippen LogP contribution >= 0.6 is 11.6 Å². The minimum Gasteiger partial charge on any atom is -0.381 e. The van der Waals surface area contributed by atoms with Gasteiger partial charge in [-0.1, -0.05) is 19.4 Å². The molecule has 0 aliphatic rings. The van der Waals surface area contributed by atoms with E-state index in [9.17, 15) is 0 Å². The first-order valence-corrected chi connectivity index (χ1v) is 8.25. The molecule has 2 rings (SSSR count). The van der Waals surface area contributed by atoms with Crippen molar-refractivity contribution in [2.75, 3.05) is 13.2 Å². The zero-order valence-corrected chi connectivity index (χ0v) is 14.0. The number of hydrogen-bond acceptors (Lipinski definition) is 2. The predicted molar refractivity (Wildman–Crippen MR) is 89.1 cm³/mol. The Hall–Kier alpha value is -1.06. The van der Waals surface area contributed by atoms with E-state index in [0.29, 0.717) is 0 Å². The van der Waals surface area contributed by atoms with Crippen LogP contribution in [0.15, 0.2) is 18.2 Å². The van der Waals surface area contributed by atoms with Crippen LogP contribution in [-0.2, 0) is 11.3 Å². The van der Waals surface area contributed by atoms with Gasteiger partial charge in [-0.2, -0.15) is 0 Å². The van der Waals surface area contributed by atoms with E-state index in [4.69, 9.17) is 21.3 Å². The largest absolute Gasteiger partial charge is 0.381 e. The summed E-state index contributed by atoms with van der Waals surface area (Å²) in [5.74, 6) is 0.950. The molecule has 2 aromatic rings. The standard InChI is InChI=1S/C17H25ClN2O/c1-4-5-10-21-11-6-9-20-16-8-7-13(2)12-15(16)19-17(20)14(3)18/h7-8,12,14H,4-6,9-11H2,1-3H3. The van der Waals surface area contributed by atoms with E-state index in [1.165, 1.54) is 12.0 Å². The molecule has 0 aliphatic heterocycles. The van der Waals surface area contributed by atoms with E-state index < -0.39 is 0 Å². The van der Waals surface area contributed by atoms with Gasteiger partial charge in [0.25, 0.3) is 0 Å². The predicted octanol–water partition coefficient (Wildman–Crippen LogP) is 4.85. The molecule has 0 N–H and O–H groups in total. The molecule has 116 valence electrons. The Labute approximate surface area is 132 Å². The van der Waals surface area contributed by atoms with Crippen molar-refractivity contribution in [3.8, 4) is 0 Å². The number of halogens is 1. The van der Waals surface area contributed by atoms with Gasteiger partial charge in [-0.15, -0.1) is 11.6 Å². The number of unbranched alkanes of at least 4 members (excludes halogenated alkanes) is 1. The average molecular weight is 309 g/mol. The number of benzene rings is 1. The lowest BCUT2D eigenvalue weighted by molar-refractivity contribution is 0.126. The highest BCUT2D eigenvalue weighted by Crippen LogP contribution is 2.25. The summed E-state index contributed by atoms with van der Waals surface area (Å²) in [5.41, 5.74) is 3.42. The summed E-state index contributed by atoms with van der Waals surface area (Å²) in [7, 11) is 0. The maximum absolute atomic E-state index is 6.29. The Bertz CT molecular complexity index is 577. The Morgan fingerprint density at radius 2 is 2.05 bits per heavy atom. The summed E-state index contributed by atoms with van der Waals surface area (Å²) in [5, 5.41) is -0.0845. The molecular formula is C17H25ClN2O. The molecule has 1 aromatic heterocycles. The highest BCUT2D eigenvalue weighted by atomic mass is 35.5. The number of fused-ring (bicyclic) bond motifs is 1. The molecule has 0 saturated heterocycles. The first-order chi connectivity index (χ1) is 10.1. The Balaban J connectivity index is 2.08. The third-order valence-electron chi connectivity index (χ3n) is 3.60. The molecule has 21 heavy (non-hydrogen) atoms. The topological polar surface area (TPSA) is 27.1 Å². The van der Waals surface area contributed by atoms with Gasteiger partial charge in [0.2, 0.25) is 0 Å². The van der Waals surface area contributed by atoms with Crippen LogP contribution in [0, 0.1) is 6.92 Å². The fourth-order valence-electron chi connectivity index (χ4n) is 2.47. The third kappa shape index (κ3) is 4.21. The summed E-state index contributed by atoms with van der Waals surface area (Å²) in [6, 6.07) is 6.38. The molecule has 4 heteroatoms. The number of rotatable bonds is 8. The smallest absolute Gasteiger partial charge is 0.127 e. The van der Waals surface area contributed by atoms with Gasteiger partial charge in [-0.25, -0.2) is 4.98 Å². The second-order valence-corrected chi connectivity index (χ2v) is 6.20. The van der Waals surface area contributed by atoms with E-state index >= 15 is 0 Å². The zero-order valence-electron chi connectivity index (χ0n) is 13.2. The van der Waals surface area contributed by atoms with Crippen molar-refractivity contribution in [1.82, 2.24) is 9.55 Å². The minimum absolute atomic E-state index is 0.0845. The SMILES string of the molecule is CCCCOCCCn1c(C(C)Cl)nc2cc(C)ccc21. The average Bonchev–Trinajstić information content (AvgIpc) is 2.80. The van der Waals surface area contributed by atoms with Crippen molar-refractivity contribution >= 4 is 22.6 Å². The quantitative estimate of drug-likeness (QED) is 0.515. The van der Waals surface area contributed by atoms with Gasteiger partial charge < -0.3 is 9.30 Å². The van der Waals surface area contributed by atoms with Crippen LogP contribution in [0.25, 0.3) is 11.0 Å². The number of hydrogen-bond donors (Lipinski definition) is 0. The third-order valence-corrected chi connectivity index (χ3v) is 3.80. The Kier molecular flexibility index (Phi) is 6.07. The van der Waals surface area contributed by atoms with Crippen molar-refractivity contribution in [1.29, 1.82) is 0 Å². The molecule has 0 amide bonds. The van der Waals surface area contributed by atoms with Crippen molar-refractivity contribution in [2.45, 2.75) is 52.0 Å². The lowest BCUT2D eigenvalue weighted by atomic mass is 10.2. The second kappa shape index (κ2) is 7.81. The monoisotopic (exact) mass is 308 g/mol. The number of aromatic nitrogens is 2. The van der Waals surface area contributed by atoms with Crippen LogP contribution < -0.4 is 0 Å². The maximum atomic E-state index is 6.29. The van der Waals surface area contributed by atoms with Crippen LogP contribution in [0.4, 0.5) is 0 Å². The van der Waals surface area contributed by atoms with Gasteiger partial charge >= 0.3 is 0 Å². The molecule has 0 radical (unpaired) electrons. The molecule has 0 spiro atoms. The molecule has 0 aliphatic carbocycles. The lowest BCUT2D eigenvalue weighted by Crippen LogP contribution is -2.07. The summed E-state index contributed by atoms with van der Waals surface area (Å²) >= 11 is 6.29. The summed E-state index contributed by atoms with van der Waals surface area (Å²) in [6.07, 6.45) is 3.30. The second-order valence-electron chi connectivity index (χ2n) is 5.55. The molecule has 0 saturated carbocycles. The normalized spacial score (nSPS) is 13.0. The minimum atomic E-state index is -0.0845. The lowest BCUT2D eigenvalue weighted by Gasteiger charge is -2.11. The molecule has 0 bridgehead atoms. The van der Waals surface area contributed by atoms with Gasteiger partial charge in [0.05, 0.1) is 16.4 Å². The van der Waals surface area contributed by atoms with Crippen molar-refractivity contribution in [3.05, 3.63) is 29.6 Å². The number of alkyl halides is 1. The molecule has 1 atom stereocenters. The number of aryl methyl sites for hydroxylation is 2. The van der Waals surface area contributed by atoms with E-state index in [0.717, 1.165) is 49.5 Å². The van der Waals surface area contributed by atoms with E-state index in [2.05, 4.69) is 36.6 Å². The van der Waals surface area contributed by atoms with Gasteiger partial charge in [-0.3, -0.25) is 0 Å². The number of imidazole rings is 1. The first-order valence-electron chi connectivity index (χ1n) is 7.82. The van der Waals surface area contributed by atoms with Crippen molar-refractivity contribution in [2.24, 2.45) is 0 Å². The van der Waals surface area contributed by atoms with Gasteiger partial charge in [-0.05, 0) is 44.4 Å². The van der Waals surface area contributed by atoms with Gasteiger partial charge in [0, 0.05) is 19.8 Å². The molecule has 1 heterocycles. The summed E-state index contributed by atoms with van der Waals surface area (Å²) in [6.45, 7) is 8.80. The summed E-state index contributed by atoms with van der Waals surface area (Å²) < 4.78 is 7.87. The van der Waals surface area contributed by atoms with Crippen LogP contribution in [0.2, 0.25) is 0 Å². The zero-order chi connectivity index (χ0) is 15.2. The van der Waals surface area contributed by atoms with Crippen molar-refractivity contribution < 1.29 is 4.74 Å². The van der Waals surface area contributed by atoms with Crippen molar-refractivity contribution in [3.63, 3.8) is 0 Å². The number of ether oxygens (including phenoxy) is 1.